The number of hydrogen-bond donors (Lipinski definition) is 2. The van der Waals surface area contributed by atoms with Crippen molar-refractivity contribution in [3.8, 4) is 0 Å². The van der Waals surface area contributed by atoms with E-state index in [1.807, 2.05) is 35.9 Å². The van der Waals surface area contributed by atoms with Gasteiger partial charge in [-0.3, -0.25) is 0 Å². The Balaban J connectivity index is 1.55. The Hall–Kier alpha value is -2.16. The number of aryl methyl sites for hydroxylation is 1. The number of morpholine rings is 1. The van der Waals surface area contributed by atoms with Crippen LogP contribution in [0.3, 0.4) is 0 Å². The van der Waals surface area contributed by atoms with E-state index < -0.39 is 0 Å². The maximum Gasteiger partial charge on any atom is 0.180 e. The van der Waals surface area contributed by atoms with Gasteiger partial charge in [0.05, 0.1) is 25.0 Å². The molecule has 0 spiro atoms. The van der Waals surface area contributed by atoms with Gasteiger partial charge in [0.2, 0.25) is 0 Å². The number of aliphatic hydroxyl groups excluding tert-OH is 1. The summed E-state index contributed by atoms with van der Waals surface area (Å²) in [4.78, 5) is 11.3. The van der Waals surface area contributed by atoms with Crippen LogP contribution in [-0.2, 0) is 4.74 Å². The average Bonchev–Trinajstić information content (AvgIpc) is 3.02. The average molecular weight is 418 g/mol. The Kier molecular flexibility index (Phi) is 4.80. The number of benzene rings is 1. The first-order valence-electron chi connectivity index (χ1n) is 8.49. The fourth-order valence-corrected chi connectivity index (χ4v) is 3.53. The van der Waals surface area contributed by atoms with Crippen LogP contribution in [0.25, 0.3) is 5.65 Å². The lowest BCUT2D eigenvalue weighted by atomic mass is 10.2. The summed E-state index contributed by atoms with van der Waals surface area (Å²) < 4.78 is 8.20. The highest BCUT2D eigenvalue weighted by Gasteiger charge is 2.19. The van der Waals surface area contributed by atoms with Crippen LogP contribution in [0.2, 0.25) is 0 Å². The molecule has 0 unspecified atom stereocenters. The van der Waals surface area contributed by atoms with E-state index in [0.717, 1.165) is 33.9 Å². The molecule has 0 radical (unpaired) electrons. The van der Waals surface area contributed by atoms with Crippen molar-refractivity contribution in [1.29, 1.82) is 0 Å². The van der Waals surface area contributed by atoms with E-state index in [1.54, 1.807) is 0 Å². The predicted octanol–water partition coefficient (Wildman–Crippen LogP) is 2.74. The molecule has 7 nitrogen and oxygen atoms in total. The Bertz CT molecular complexity index is 912. The lowest BCUT2D eigenvalue weighted by Crippen LogP contribution is -2.44. The zero-order chi connectivity index (χ0) is 18.1. The zero-order valence-electron chi connectivity index (χ0n) is 14.4. The van der Waals surface area contributed by atoms with E-state index in [0.29, 0.717) is 19.0 Å². The molecule has 2 N–H and O–H groups in total. The number of hydrogen-bond acceptors (Lipinski definition) is 6. The van der Waals surface area contributed by atoms with E-state index in [1.165, 1.54) is 0 Å². The molecule has 1 aliphatic heterocycles. The summed E-state index contributed by atoms with van der Waals surface area (Å²) in [5.74, 6) is 0.701. The largest absolute Gasteiger partial charge is 0.394 e. The van der Waals surface area contributed by atoms with Gasteiger partial charge < -0.3 is 24.5 Å². The highest BCUT2D eigenvalue weighted by atomic mass is 79.9. The Morgan fingerprint density at radius 2 is 2.08 bits per heavy atom. The van der Waals surface area contributed by atoms with E-state index in [9.17, 15) is 5.11 Å². The van der Waals surface area contributed by atoms with Crippen molar-refractivity contribution in [2.45, 2.75) is 13.0 Å². The normalized spacial score (nSPS) is 17.7. The van der Waals surface area contributed by atoms with Gasteiger partial charge in [0.1, 0.15) is 4.60 Å². The molecule has 1 atom stereocenters. The Morgan fingerprint density at radius 1 is 1.27 bits per heavy atom. The third-order valence-corrected chi connectivity index (χ3v) is 4.75. The number of nitrogens with one attached hydrogen (secondary N) is 1. The first kappa shape index (κ1) is 17.3. The molecule has 1 aliphatic rings. The van der Waals surface area contributed by atoms with E-state index >= 15 is 0 Å². The Labute approximate surface area is 159 Å². The van der Waals surface area contributed by atoms with Crippen molar-refractivity contribution in [1.82, 2.24) is 14.4 Å². The minimum atomic E-state index is -0.121. The van der Waals surface area contributed by atoms with Crippen LogP contribution in [0, 0.1) is 6.92 Å². The molecule has 1 saturated heterocycles. The van der Waals surface area contributed by atoms with Crippen LogP contribution >= 0.6 is 15.9 Å². The second-order valence-corrected chi connectivity index (χ2v) is 7.13. The fourth-order valence-electron chi connectivity index (χ4n) is 3.13. The molecule has 3 heterocycles. The highest BCUT2D eigenvalue weighted by Crippen LogP contribution is 2.25. The van der Waals surface area contributed by atoms with Crippen molar-refractivity contribution in [3.63, 3.8) is 0 Å². The molecule has 1 fully saturated rings. The third kappa shape index (κ3) is 3.53. The van der Waals surface area contributed by atoms with Gasteiger partial charge in [0.15, 0.2) is 11.5 Å². The second kappa shape index (κ2) is 7.22. The highest BCUT2D eigenvalue weighted by molar-refractivity contribution is 9.10. The second-order valence-electron chi connectivity index (χ2n) is 6.32. The summed E-state index contributed by atoms with van der Waals surface area (Å²) in [7, 11) is 0. The molecule has 1 aromatic carbocycles. The number of aliphatic hydroxyl groups is 1. The topological polar surface area (TPSA) is 74.9 Å². The van der Waals surface area contributed by atoms with Crippen molar-refractivity contribution >= 4 is 38.8 Å². The maximum absolute atomic E-state index is 9.29. The van der Waals surface area contributed by atoms with Crippen LogP contribution in [0.4, 0.5) is 17.2 Å². The molecule has 2 aromatic heterocycles. The lowest BCUT2D eigenvalue weighted by molar-refractivity contribution is 0.00357. The lowest BCUT2D eigenvalue weighted by Gasteiger charge is -2.33. The molecule has 136 valence electrons. The van der Waals surface area contributed by atoms with Crippen LogP contribution in [0.15, 0.2) is 41.3 Å². The maximum atomic E-state index is 9.29. The summed E-state index contributed by atoms with van der Waals surface area (Å²) in [5, 5.41) is 12.6. The molecular weight excluding hydrogens is 398 g/mol. The molecule has 0 amide bonds. The van der Waals surface area contributed by atoms with Crippen molar-refractivity contribution < 1.29 is 9.84 Å². The molecule has 0 bridgehead atoms. The van der Waals surface area contributed by atoms with Crippen molar-refractivity contribution in [2.24, 2.45) is 0 Å². The first-order chi connectivity index (χ1) is 12.6. The number of ether oxygens (including phenoxy) is 1. The summed E-state index contributed by atoms with van der Waals surface area (Å²) in [6.07, 6.45) is 3.73. The third-order valence-electron chi connectivity index (χ3n) is 4.37. The van der Waals surface area contributed by atoms with E-state index in [-0.39, 0.29) is 12.7 Å². The predicted molar refractivity (Wildman–Crippen MR) is 104 cm³/mol. The number of nitrogens with zero attached hydrogens (tertiary/aromatic N) is 4. The number of halogens is 1. The smallest absolute Gasteiger partial charge is 0.180 e. The monoisotopic (exact) mass is 417 g/mol. The molecule has 26 heavy (non-hydrogen) atoms. The zero-order valence-corrected chi connectivity index (χ0v) is 16.0. The number of fused-ring (bicyclic) bond motifs is 1. The SMILES string of the molecule is Cc1cn2cc(Br)nc(Nc3ccc(N4CCO[C@@H](CO)C4)cc3)c2n1. The molecule has 0 saturated carbocycles. The molecule has 4 rings (SSSR count). The minimum absolute atomic E-state index is 0.0461. The Morgan fingerprint density at radius 3 is 2.85 bits per heavy atom. The molecule has 0 aliphatic carbocycles. The number of anilines is 3. The molecule has 8 heteroatoms. The standard InChI is InChI=1S/C18H20BrN5O2/c1-12-8-24-10-16(19)22-17(18(24)20-12)21-13-2-4-14(5-3-13)23-6-7-26-15(9-23)11-25/h2-5,8,10,15,25H,6-7,9,11H2,1H3,(H,21,22)/t15-/m1/s1. The van der Waals surface area contributed by atoms with Gasteiger partial charge in [-0.05, 0) is 47.1 Å². The van der Waals surface area contributed by atoms with Crippen LogP contribution in [0.5, 0.6) is 0 Å². The molecular formula is C18H20BrN5O2. The van der Waals surface area contributed by atoms with Crippen molar-refractivity contribution in [3.05, 3.63) is 47.0 Å². The summed E-state index contributed by atoms with van der Waals surface area (Å²) in [6, 6.07) is 8.17. The van der Waals surface area contributed by atoms with Gasteiger partial charge in [-0.2, -0.15) is 0 Å². The summed E-state index contributed by atoms with van der Waals surface area (Å²) >= 11 is 3.44. The first-order valence-corrected chi connectivity index (χ1v) is 9.28. The number of rotatable bonds is 4. The fraction of sp³-hybridized carbons (Fsp3) is 0.333. The summed E-state index contributed by atoms with van der Waals surface area (Å²) in [6.45, 7) is 4.16. The van der Waals surface area contributed by atoms with Crippen molar-refractivity contribution in [2.75, 3.05) is 36.5 Å². The minimum Gasteiger partial charge on any atom is -0.394 e. The van der Waals surface area contributed by atoms with Gasteiger partial charge >= 0.3 is 0 Å². The van der Waals surface area contributed by atoms with Crippen LogP contribution in [0.1, 0.15) is 5.69 Å². The van der Waals surface area contributed by atoms with Crippen LogP contribution in [-0.4, -0.2) is 51.9 Å². The van der Waals surface area contributed by atoms with Gasteiger partial charge in [0.25, 0.3) is 0 Å². The van der Waals surface area contributed by atoms with Gasteiger partial charge in [-0.25, -0.2) is 9.97 Å². The quantitative estimate of drug-likeness (QED) is 0.679. The van der Waals surface area contributed by atoms with Gasteiger partial charge in [-0.15, -0.1) is 0 Å². The molecule has 3 aromatic rings. The van der Waals surface area contributed by atoms with Gasteiger partial charge in [-0.1, -0.05) is 0 Å². The summed E-state index contributed by atoms with van der Waals surface area (Å²) in [5.41, 5.74) is 3.78. The van der Waals surface area contributed by atoms with Gasteiger partial charge in [0, 0.05) is 36.9 Å². The van der Waals surface area contributed by atoms with Crippen LogP contribution < -0.4 is 10.2 Å². The number of aromatic nitrogens is 3. The van der Waals surface area contributed by atoms with E-state index in [2.05, 4.69) is 48.2 Å². The number of imidazole rings is 1. The van der Waals surface area contributed by atoms with E-state index in [4.69, 9.17) is 4.74 Å².